The van der Waals surface area contributed by atoms with E-state index in [1.165, 1.54) is 0 Å². The molecule has 2 aromatic rings. The van der Waals surface area contributed by atoms with Crippen LogP contribution in [0.5, 0.6) is 5.75 Å². The Morgan fingerprint density at radius 3 is 2.48 bits per heavy atom. The lowest BCUT2D eigenvalue weighted by Gasteiger charge is -2.26. The van der Waals surface area contributed by atoms with Gasteiger partial charge < -0.3 is 15.2 Å². The summed E-state index contributed by atoms with van der Waals surface area (Å²) in [4.78, 5) is 26.8. The number of aliphatic hydroxyl groups is 1. The zero-order valence-electron chi connectivity index (χ0n) is 18.3. The number of benzene rings is 2. The van der Waals surface area contributed by atoms with Crippen LogP contribution in [-0.2, 0) is 10.3 Å². The van der Waals surface area contributed by atoms with Gasteiger partial charge >= 0.3 is 6.03 Å². The van der Waals surface area contributed by atoms with Crippen molar-refractivity contribution in [2.45, 2.75) is 51.7 Å². The van der Waals surface area contributed by atoms with E-state index in [0.29, 0.717) is 17.2 Å². The van der Waals surface area contributed by atoms with Crippen molar-refractivity contribution in [2.24, 2.45) is 0 Å². The van der Waals surface area contributed by atoms with Gasteiger partial charge in [-0.2, -0.15) is 0 Å². The molecule has 3 rings (SSSR count). The summed E-state index contributed by atoms with van der Waals surface area (Å²) >= 11 is 6.24. The zero-order valence-corrected chi connectivity index (χ0v) is 19.1. The minimum atomic E-state index is -1.11. The number of carbonyl (C=O) groups excluding carboxylic acids is 2. The van der Waals surface area contributed by atoms with Crippen molar-refractivity contribution in [3.05, 3.63) is 64.2 Å². The Bertz CT molecular complexity index is 964. The number of nitrogens with one attached hydrogen (secondary N) is 1. The summed E-state index contributed by atoms with van der Waals surface area (Å²) in [6.45, 7) is 7.60. The molecule has 6 nitrogen and oxygen atoms in total. The Labute approximate surface area is 188 Å². The molecule has 1 aliphatic rings. The van der Waals surface area contributed by atoms with Crippen LogP contribution in [-0.4, -0.2) is 41.2 Å². The number of aryl methyl sites for hydroxylation is 1. The molecule has 166 valence electrons. The molecule has 0 bridgehead atoms. The molecule has 1 heterocycles. The van der Waals surface area contributed by atoms with E-state index < -0.39 is 17.7 Å². The third-order valence-electron chi connectivity index (χ3n) is 5.71. The average molecular weight is 445 g/mol. The predicted molar refractivity (Wildman–Crippen MR) is 120 cm³/mol. The third kappa shape index (κ3) is 4.55. The van der Waals surface area contributed by atoms with Crippen LogP contribution in [0, 0.1) is 6.92 Å². The highest BCUT2D eigenvalue weighted by molar-refractivity contribution is 6.31. The van der Waals surface area contributed by atoms with E-state index in [2.05, 4.69) is 5.32 Å². The molecule has 1 aliphatic heterocycles. The molecule has 0 aliphatic carbocycles. The second kappa shape index (κ2) is 9.28. The van der Waals surface area contributed by atoms with Crippen molar-refractivity contribution >= 4 is 23.5 Å². The number of hydrogen-bond acceptors (Lipinski definition) is 4. The van der Waals surface area contributed by atoms with Crippen molar-refractivity contribution in [3.8, 4) is 5.75 Å². The van der Waals surface area contributed by atoms with E-state index in [1.807, 2.05) is 70.2 Å². The monoisotopic (exact) mass is 444 g/mol. The Balaban J connectivity index is 1.72. The number of aliphatic hydroxyl groups excluding tert-OH is 1. The Hall–Kier alpha value is -2.57. The summed E-state index contributed by atoms with van der Waals surface area (Å²) in [6.07, 6.45) is -0.624. The molecule has 7 heteroatoms. The molecule has 3 amide bonds. The molecule has 0 aromatic heterocycles. The molecule has 0 radical (unpaired) electrons. The van der Waals surface area contributed by atoms with Crippen LogP contribution >= 0.6 is 11.6 Å². The average Bonchev–Trinajstić information content (AvgIpc) is 2.99. The second-order valence-electron chi connectivity index (χ2n) is 8.23. The molecule has 1 fully saturated rings. The standard InChI is InChI=1S/C24H29ClN2O4/c1-5-24(17-9-7-6-8-10-17)22(29)27(23(30)26-24)13-18(28)14-31-21-11-16(4)20(25)12-19(21)15(2)3/h6-12,15,18,28H,5,13-14H2,1-4H3,(H,26,30)/t18-,24-/m0/s1. The van der Waals surface area contributed by atoms with Gasteiger partial charge in [0.2, 0.25) is 0 Å². The number of nitrogens with zero attached hydrogens (tertiary/aromatic N) is 1. The number of urea groups is 1. The van der Waals surface area contributed by atoms with Gasteiger partial charge in [0.1, 0.15) is 24.0 Å². The SMILES string of the molecule is CC[C@@]1(c2ccccc2)NC(=O)N(C[C@H](O)COc2cc(C)c(Cl)cc2C(C)C)C1=O. The number of imide groups is 1. The maximum absolute atomic E-state index is 13.2. The number of hydrogen-bond donors (Lipinski definition) is 2. The first-order chi connectivity index (χ1) is 14.7. The summed E-state index contributed by atoms with van der Waals surface area (Å²) in [6, 6.07) is 12.4. The molecule has 31 heavy (non-hydrogen) atoms. The van der Waals surface area contributed by atoms with Gasteiger partial charge in [-0.25, -0.2) is 4.79 Å². The fourth-order valence-electron chi connectivity index (χ4n) is 3.85. The predicted octanol–water partition coefficient (Wildman–Crippen LogP) is 4.37. The van der Waals surface area contributed by atoms with Crippen molar-refractivity contribution in [3.63, 3.8) is 0 Å². The van der Waals surface area contributed by atoms with Crippen LogP contribution in [0.1, 0.15) is 49.8 Å². The number of carbonyl (C=O) groups is 2. The highest BCUT2D eigenvalue weighted by Crippen LogP contribution is 2.33. The molecule has 1 saturated heterocycles. The number of ether oxygens (including phenoxy) is 1. The Kier molecular flexibility index (Phi) is 6.92. The molecular formula is C24H29ClN2O4. The molecule has 0 saturated carbocycles. The first-order valence-electron chi connectivity index (χ1n) is 10.5. The first kappa shape index (κ1) is 23.1. The van der Waals surface area contributed by atoms with Crippen molar-refractivity contribution in [1.29, 1.82) is 0 Å². The van der Waals surface area contributed by atoms with Crippen molar-refractivity contribution in [2.75, 3.05) is 13.2 Å². The lowest BCUT2D eigenvalue weighted by molar-refractivity contribution is -0.132. The van der Waals surface area contributed by atoms with Gasteiger partial charge in [-0.1, -0.05) is 62.7 Å². The number of β-amino-alcohol motifs (C(OH)–C–C–N with tert-alkyl or cyclic N) is 1. The van der Waals surface area contributed by atoms with E-state index in [-0.39, 0.29) is 25.0 Å². The van der Waals surface area contributed by atoms with E-state index >= 15 is 0 Å². The van der Waals surface area contributed by atoms with Crippen molar-refractivity contribution < 1.29 is 19.4 Å². The summed E-state index contributed by atoms with van der Waals surface area (Å²) < 4.78 is 5.86. The Morgan fingerprint density at radius 2 is 1.87 bits per heavy atom. The van der Waals surface area contributed by atoms with Gasteiger partial charge in [0.25, 0.3) is 5.91 Å². The molecular weight excluding hydrogens is 416 g/mol. The van der Waals surface area contributed by atoms with E-state index in [1.54, 1.807) is 0 Å². The van der Waals surface area contributed by atoms with Gasteiger partial charge in [0, 0.05) is 5.02 Å². The smallest absolute Gasteiger partial charge is 0.325 e. The highest BCUT2D eigenvalue weighted by Gasteiger charge is 2.51. The fraction of sp³-hybridized carbons (Fsp3) is 0.417. The summed E-state index contributed by atoms with van der Waals surface area (Å²) in [5.74, 6) is 0.461. The Morgan fingerprint density at radius 1 is 1.19 bits per heavy atom. The van der Waals surface area contributed by atoms with Gasteiger partial charge in [-0.05, 0) is 48.1 Å². The number of amides is 3. The van der Waals surface area contributed by atoms with Crippen molar-refractivity contribution in [1.82, 2.24) is 10.2 Å². The maximum Gasteiger partial charge on any atom is 0.325 e. The van der Waals surface area contributed by atoms with E-state index in [0.717, 1.165) is 21.6 Å². The van der Waals surface area contributed by atoms with Crippen LogP contribution in [0.25, 0.3) is 0 Å². The van der Waals surface area contributed by atoms with E-state index in [4.69, 9.17) is 16.3 Å². The lowest BCUT2D eigenvalue weighted by Crippen LogP contribution is -2.44. The summed E-state index contributed by atoms with van der Waals surface area (Å²) in [7, 11) is 0. The normalized spacial score (nSPS) is 19.6. The molecule has 0 unspecified atom stereocenters. The number of halogens is 1. The topological polar surface area (TPSA) is 78.9 Å². The van der Waals surface area contributed by atoms with E-state index in [9.17, 15) is 14.7 Å². The lowest BCUT2D eigenvalue weighted by atomic mass is 9.87. The summed E-state index contributed by atoms with van der Waals surface area (Å²) in [5.41, 5.74) is 1.42. The molecule has 0 spiro atoms. The fourth-order valence-corrected chi connectivity index (χ4v) is 4.02. The number of rotatable bonds is 8. The molecule has 2 N–H and O–H groups in total. The third-order valence-corrected chi connectivity index (χ3v) is 6.12. The van der Waals surface area contributed by atoms with Crippen LogP contribution in [0.2, 0.25) is 5.02 Å². The van der Waals surface area contributed by atoms with Gasteiger partial charge in [-0.15, -0.1) is 0 Å². The summed E-state index contributed by atoms with van der Waals surface area (Å²) in [5, 5.41) is 14.0. The van der Waals surface area contributed by atoms with Crippen LogP contribution in [0.4, 0.5) is 4.79 Å². The molecule has 2 aromatic carbocycles. The largest absolute Gasteiger partial charge is 0.491 e. The molecule has 2 atom stereocenters. The highest BCUT2D eigenvalue weighted by atomic mass is 35.5. The van der Waals surface area contributed by atoms with Crippen LogP contribution in [0.15, 0.2) is 42.5 Å². The zero-order chi connectivity index (χ0) is 22.8. The van der Waals surface area contributed by atoms with Crippen LogP contribution in [0.3, 0.4) is 0 Å². The minimum Gasteiger partial charge on any atom is -0.491 e. The first-order valence-corrected chi connectivity index (χ1v) is 10.9. The quantitative estimate of drug-likeness (QED) is 0.592. The minimum absolute atomic E-state index is 0.0533. The second-order valence-corrected chi connectivity index (χ2v) is 8.64. The van der Waals surface area contributed by atoms with Gasteiger partial charge in [0.15, 0.2) is 0 Å². The van der Waals surface area contributed by atoms with Gasteiger partial charge in [-0.3, -0.25) is 9.69 Å². The van der Waals surface area contributed by atoms with Crippen LogP contribution < -0.4 is 10.1 Å². The maximum atomic E-state index is 13.2. The van der Waals surface area contributed by atoms with Gasteiger partial charge in [0.05, 0.1) is 6.54 Å².